The lowest BCUT2D eigenvalue weighted by Gasteiger charge is -2.08. The number of benzene rings is 1. The molecule has 1 amide bonds. The molecule has 0 aliphatic carbocycles. The first-order valence-corrected chi connectivity index (χ1v) is 9.96. The van der Waals surface area contributed by atoms with Crippen LogP contribution in [0.2, 0.25) is 5.02 Å². The van der Waals surface area contributed by atoms with E-state index in [0.29, 0.717) is 20.7 Å². The average Bonchev–Trinajstić information content (AvgIpc) is 3.21. The van der Waals surface area contributed by atoms with Crippen LogP contribution in [0.5, 0.6) is 0 Å². The Morgan fingerprint density at radius 1 is 0.966 bits per heavy atom. The van der Waals surface area contributed by atoms with E-state index in [4.69, 9.17) is 11.6 Å². The SMILES string of the molecule is Cc1cccc(Cl)c1NC(=O)c1cnc(Nc2ccc(-c3ccccn3)nc2)s1. The summed E-state index contributed by atoms with van der Waals surface area (Å²) < 4.78 is 0. The molecule has 0 bridgehead atoms. The van der Waals surface area contributed by atoms with Crippen molar-refractivity contribution in [3.05, 3.63) is 82.6 Å². The summed E-state index contributed by atoms with van der Waals surface area (Å²) in [6, 6.07) is 14.9. The van der Waals surface area contributed by atoms with Crippen molar-refractivity contribution < 1.29 is 4.79 Å². The number of para-hydroxylation sites is 1. The number of aryl methyl sites for hydroxylation is 1. The second-order valence-electron chi connectivity index (χ2n) is 6.19. The van der Waals surface area contributed by atoms with E-state index in [0.717, 1.165) is 22.6 Å². The Kier molecular flexibility index (Phi) is 5.50. The van der Waals surface area contributed by atoms with Gasteiger partial charge in [-0.1, -0.05) is 41.1 Å². The molecule has 8 heteroatoms. The van der Waals surface area contributed by atoms with Crippen LogP contribution in [0.15, 0.2) is 67.1 Å². The van der Waals surface area contributed by atoms with Crippen LogP contribution >= 0.6 is 22.9 Å². The number of rotatable bonds is 5. The Morgan fingerprint density at radius 2 is 1.83 bits per heavy atom. The van der Waals surface area contributed by atoms with E-state index < -0.39 is 0 Å². The van der Waals surface area contributed by atoms with Gasteiger partial charge in [-0.05, 0) is 42.8 Å². The van der Waals surface area contributed by atoms with Crippen LogP contribution in [0.1, 0.15) is 15.2 Å². The van der Waals surface area contributed by atoms with Gasteiger partial charge in [0.15, 0.2) is 5.13 Å². The zero-order valence-electron chi connectivity index (χ0n) is 15.4. The third-order valence-electron chi connectivity index (χ3n) is 4.13. The van der Waals surface area contributed by atoms with Crippen molar-refractivity contribution in [1.29, 1.82) is 0 Å². The van der Waals surface area contributed by atoms with Gasteiger partial charge in [-0.15, -0.1) is 0 Å². The smallest absolute Gasteiger partial charge is 0.267 e. The summed E-state index contributed by atoms with van der Waals surface area (Å²) in [6.45, 7) is 1.89. The molecule has 0 saturated heterocycles. The highest BCUT2D eigenvalue weighted by Crippen LogP contribution is 2.28. The first-order valence-electron chi connectivity index (χ1n) is 8.77. The summed E-state index contributed by atoms with van der Waals surface area (Å²) in [7, 11) is 0. The standard InChI is InChI=1S/C21H16ClN5OS/c1-13-5-4-6-15(22)19(13)27-20(28)18-12-25-21(29-18)26-14-8-9-17(24-11-14)16-7-2-3-10-23-16/h2-12H,1H3,(H,25,26)(H,27,28). The summed E-state index contributed by atoms with van der Waals surface area (Å²) in [4.78, 5) is 26.0. The number of carbonyl (C=O) groups excluding carboxylic acids is 1. The summed E-state index contributed by atoms with van der Waals surface area (Å²) in [6.07, 6.45) is 4.97. The number of nitrogens with zero attached hydrogens (tertiary/aromatic N) is 3. The van der Waals surface area contributed by atoms with Gasteiger partial charge in [-0.3, -0.25) is 14.8 Å². The topological polar surface area (TPSA) is 79.8 Å². The highest BCUT2D eigenvalue weighted by Gasteiger charge is 2.14. The van der Waals surface area contributed by atoms with Gasteiger partial charge in [0.05, 0.1) is 40.2 Å². The highest BCUT2D eigenvalue weighted by molar-refractivity contribution is 7.17. The van der Waals surface area contributed by atoms with Crippen molar-refractivity contribution in [2.45, 2.75) is 6.92 Å². The minimum Gasteiger partial charge on any atom is -0.330 e. The van der Waals surface area contributed by atoms with E-state index >= 15 is 0 Å². The summed E-state index contributed by atoms with van der Waals surface area (Å²) >= 11 is 7.43. The predicted octanol–water partition coefficient (Wildman–Crippen LogP) is 5.56. The Labute approximate surface area is 176 Å². The summed E-state index contributed by atoms with van der Waals surface area (Å²) in [5.41, 5.74) is 3.87. The maximum atomic E-state index is 12.5. The third kappa shape index (κ3) is 4.42. The lowest BCUT2D eigenvalue weighted by molar-refractivity contribution is 0.103. The molecule has 2 N–H and O–H groups in total. The monoisotopic (exact) mass is 421 g/mol. The number of hydrogen-bond acceptors (Lipinski definition) is 6. The van der Waals surface area contributed by atoms with E-state index in [1.54, 1.807) is 18.5 Å². The molecule has 144 valence electrons. The molecule has 0 aliphatic heterocycles. The molecule has 4 aromatic rings. The van der Waals surface area contributed by atoms with Gasteiger partial charge in [0.25, 0.3) is 5.91 Å². The molecule has 0 unspecified atom stereocenters. The lowest BCUT2D eigenvalue weighted by Crippen LogP contribution is -2.11. The minimum atomic E-state index is -0.254. The molecule has 0 aliphatic rings. The number of carbonyl (C=O) groups is 1. The van der Waals surface area contributed by atoms with Crippen molar-refractivity contribution in [3.63, 3.8) is 0 Å². The van der Waals surface area contributed by atoms with Gasteiger partial charge < -0.3 is 10.6 Å². The molecule has 0 radical (unpaired) electrons. The average molecular weight is 422 g/mol. The molecule has 1 aromatic carbocycles. The van der Waals surface area contributed by atoms with Crippen LogP contribution in [-0.4, -0.2) is 20.9 Å². The third-order valence-corrected chi connectivity index (χ3v) is 5.36. The maximum absolute atomic E-state index is 12.5. The minimum absolute atomic E-state index is 0.254. The van der Waals surface area contributed by atoms with Gasteiger partial charge in [0.1, 0.15) is 4.88 Å². The lowest BCUT2D eigenvalue weighted by atomic mass is 10.2. The second kappa shape index (κ2) is 8.38. The van der Waals surface area contributed by atoms with E-state index in [9.17, 15) is 4.79 Å². The molecular weight excluding hydrogens is 406 g/mol. The number of amides is 1. The van der Waals surface area contributed by atoms with Crippen LogP contribution in [0.4, 0.5) is 16.5 Å². The fraction of sp³-hybridized carbons (Fsp3) is 0.0476. The van der Waals surface area contributed by atoms with Crippen LogP contribution in [0, 0.1) is 6.92 Å². The van der Waals surface area contributed by atoms with E-state index in [2.05, 4.69) is 25.6 Å². The van der Waals surface area contributed by atoms with Crippen molar-refractivity contribution in [3.8, 4) is 11.4 Å². The van der Waals surface area contributed by atoms with Gasteiger partial charge >= 0.3 is 0 Å². The first kappa shape index (κ1) is 19.0. The van der Waals surface area contributed by atoms with Crippen LogP contribution < -0.4 is 10.6 Å². The van der Waals surface area contributed by atoms with Crippen LogP contribution in [-0.2, 0) is 0 Å². The molecule has 3 heterocycles. The van der Waals surface area contributed by atoms with Gasteiger partial charge in [-0.25, -0.2) is 4.98 Å². The molecule has 29 heavy (non-hydrogen) atoms. The number of hydrogen-bond donors (Lipinski definition) is 2. The van der Waals surface area contributed by atoms with Crippen molar-refractivity contribution in [2.75, 3.05) is 10.6 Å². The molecule has 0 atom stereocenters. The molecular formula is C21H16ClN5OS. The summed E-state index contributed by atoms with van der Waals surface area (Å²) in [5.74, 6) is -0.254. The Balaban J connectivity index is 1.45. The number of pyridine rings is 2. The predicted molar refractivity (Wildman–Crippen MR) is 117 cm³/mol. The molecule has 0 fully saturated rings. The molecule has 4 rings (SSSR count). The second-order valence-corrected chi connectivity index (χ2v) is 7.63. The fourth-order valence-electron chi connectivity index (χ4n) is 2.66. The first-order chi connectivity index (χ1) is 14.1. The Bertz CT molecular complexity index is 1130. The number of thiazole rings is 1. The fourth-order valence-corrected chi connectivity index (χ4v) is 3.66. The molecule has 6 nitrogen and oxygen atoms in total. The number of anilines is 3. The zero-order chi connectivity index (χ0) is 20.2. The number of nitrogens with one attached hydrogen (secondary N) is 2. The molecule has 0 spiro atoms. The van der Waals surface area contributed by atoms with Crippen molar-refractivity contribution >= 4 is 45.4 Å². The van der Waals surface area contributed by atoms with Crippen molar-refractivity contribution in [1.82, 2.24) is 15.0 Å². The Hall–Kier alpha value is -3.29. The largest absolute Gasteiger partial charge is 0.330 e. The van der Waals surface area contributed by atoms with E-state index in [1.807, 2.05) is 49.4 Å². The van der Waals surface area contributed by atoms with Crippen LogP contribution in [0.3, 0.4) is 0 Å². The number of halogens is 1. The van der Waals surface area contributed by atoms with E-state index in [1.165, 1.54) is 17.5 Å². The zero-order valence-corrected chi connectivity index (χ0v) is 17.0. The van der Waals surface area contributed by atoms with Crippen molar-refractivity contribution in [2.24, 2.45) is 0 Å². The highest BCUT2D eigenvalue weighted by atomic mass is 35.5. The number of aromatic nitrogens is 3. The van der Waals surface area contributed by atoms with Crippen LogP contribution in [0.25, 0.3) is 11.4 Å². The van der Waals surface area contributed by atoms with Gasteiger partial charge in [0.2, 0.25) is 0 Å². The van der Waals surface area contributed by atoms with Gasteiger partial charge in [-0.2, -0.15) is 0 Å². The van der Waals surface area contributed by atoms with Gasteiger partial charge in [0, 0.05) is 6.20 Å². The Morgan fingerprint density at radius 3 is 2.55 bits per heavy atom. The molecule has 3 aromatic heterocycles. The molecule has 0 saturated carbocycles. The van der Waals surface area contributed by atoms with E-state index in [-0.39, 0.29) is 5.91 Å². The maximum Gasteiger partial charge on any atom is 0.267 e. The summed E-state index contributed by atoms with van der Waals surface area (Å²) in [5, 5.41) is 7.11. The normalized spacial score (nSPS) is 10.6. The quantitative estimate of drug-likeness (QED) is 0.441.